The van der Waals surface area contributed by atoms with Crippen LogP contribution < -0.4 is 4.90 Å². The predicted octanol–water partition coefficient (Wildman–Crippen LogP) is 3.02. The van der Waals surface area contributed by atoms with Gasteiger partial charge in [0.1, 0.15) is 6.04 Å². The summed E-state index contributed by atoms with van der Waals surface area (Å²) in [5.41, 5.74) is 2.83. The molecule has 2 fully saturated rings. The van der Waals surface area contributed by atoms with Gasteiger partial charge in [-0.05, 0) is 43.4 Å². The fourth-order valence-corrected chi connectivity index (χ4v) is 8.24. The van der Waals surface area contributed by atoms with Gasteiger partial charge in [-0.15, -0.1) is 11.8 Å². The molecule has 192 valence electrons. The van der Waals surface area contributed by atoms with Crippen LogP contribution in [-0.2, 0) is 19.1 Å². The van der Waals surface area contributed by atoms with Gasteiger partial charge in [0, 0.05) is 17.5 Å². The molecule has 2 amide bonds. The van der Waals surface area contributed by atoms with E-state index in [1.54, 1.807) is 9.80 Å². The molecule has 1 aromatic carbocycles. The van der Waals surface area contributed by atoms with Crippen LogP contribution in [0.25, 0.3) is 0 Å². The van der Waals surface area contributed by atoms with Crippen molar-refractivity contribution in [3.05, 3.63) is 53.6 Å². The van der Waals surface area contributed by atoms with E-state index in [4.69, 9.17) is 4.74 Å². The van der Waals surface area contributed by atoms with E-state index in [0.717, 1.165) is 16.8 Å². The van der Waals surface area contributed by atoms with Gasteiger partial charge in [0.25, 0.3) is 5.91 Å². The van der Waals surface area contributed by atoms with Gasteiger partial charge >= 0.3 is 5.97 Å². The van der Waals surface area contributed by atoms with Gasteiger partial charge in [0.05, 0.1) is 35.8 Å². The number of aliphatic hydroxyl groups excluding tert-OH is 1. The van der Waals surface area contributed by atoms with E-state index < -0.39 is 28.7 Å². The number of ether oxygens (including phenoxy) is 1. The van der Waals surface area contributed by atoms with Crippen molar-refractivity contribution >= 4 is 35.2 Å². The summed E-state index contributed by atoms with van der Waals surface area (Å²) in [6.45, 7) is 8.25. The third-order valence-electron chi connectivity index (χ3n) is 8.03. The van der Waals surface area contributed by atoms with Crippen molar-refractivity contribution in [1.29, 1.82) is 0 Å². The van der Waals surface area contributed by atoms with E-state index >= 15 is 0 Å². The highest BCUT2D eigenvalue weighted by Crippen LogP contribution is 2.61. The Balaban J connectivity index is 1.68. The van der Waals surface area contributed by atoms with Crippen LogP contribution in [0.2, 0.25) is 0 Å². The summed E-state index contributed by atoms with van der Waals surface area (Å²) in [6, 6.07) is 4.63. The van der Waals surface area contributed by atoms with Gasteiger partial charge in [-0.2, -0.15) is 0 Å². The Morgan fingerprint density at radius 3 is 2.67 bits per heavy atom. The first-order chi connectivity index (χ1) is 17.2. The Morgan fingerprint density at radius 1 is 1.17 bits per heavy atom. The van der Waals surface area contributed by atoms with Crippen LogP contribution in [-0.4, -0.2) is 69.6 Å². The van der Waals surface area contributed by atoms with Gasteiger partial charge in [-0.3, -0.25) is 14.4 Å². The number of thioether (sulfide) groups is 1. The minimum absolute atomic E-state index is 0.0750. The fraction of sp³-hybridized carbons (Fsp3) is 0.536. The maximum atomic E-state index is 14.5. The molecular weight excluding hydrogens is 476 g/mol. The SMILES string of the molecule is Cc1ccc(C)c(N2CC=C[C@]34S[C@@H]5C=CCCOC(=O)[C@@H]5[C@H]3C(=O)N([C@@H](CO)C(C)C)C4C2=O)c1. The first kappa shape index (κ1) is 25.1. The van der Waals surface area contributed by atoms with Crippen molar-refractivity contribution in [3.63, 3.8) is 0 Å². The number of hydrogen-bond acceptors (Lipinski definition) is 6. The third kappa shape index (κ3) is 3.72. The van der Waals surface area contributed by atoms with E-state index in [0.29, 0.717) is 13.0 Å². The second-order valence-electron chi connectivity index (χ2n) is 10.6. The van der Waals surface area contributed by atoms with Crippen molar-refractivity contribution in [2.75, 3.05) is 24.7 Å². The van der Waals surface area contributed by atoms with Crippen LogP contribution in [0.5, 0.6) is 0 Å². The molecule has 2 saturated heterocycles. The van der Waals surface area contributed by atoms with E-state index in [1.807, 2.05) is 70.2 Å². The number of aryl methyl sites for hydroxylation is 2. The predicted molar refractivity (Wildman–Crippen MR) is 140 cm³/mol. The number of nitrogens with zero attached hydrogens (tertiary/aromatic N) is 2. The summed E-state index contributed by atoms with van der Waals surface area (Å²) in [7, 11) is 0. The maximum Gasteiger partial charge on any atom is 0.311 e. The van der Waals surface area contributed by atoms with E-state index in [2.05, 4.69) is 0 Å². The lowest BCUT2D eigenvalue weighted by Crippen LogP contribution is -2.57. The van der Waals surface area contributed by atoms with Gasteiger partial charge in [0.15, 0.2) is 0 Å². The van der Waals surface area contributed by atoms with Crippen LogP contribution in [0.15, 0.2) is 42.5 Å². The first-order valence-corrected chi connectivity index (χ1v) is 13.6. The topological polar surface area (TPSA) is 87.2 Å². The Morgan fingerprint density at radius 2 is 1.94 bits per heavy atom. The van der Waals surface area contributed by atoms with E-state index in [9.17, 15) is 19.5 Å². The molecule has 0 bridgehead atoms. The smallest absolute Gasteiger partial charge is 0.311 e. The van der Waals surface area contributed by atoms with Gasteiger partial charge in [0.2, 0.25) is 5.91 Å². The Kier molecular flexibility index (Phi) is 6.53. The number of fused-ring (bicyclic) bond motifs is 2. The number of carbonyl (C=O) groups excluding carboxylic acids is 3. The fourth-order valence-electron chi connectivity index (χ4n) is 6.25. The zero-order valence-electron chi connectivity index (χ0n) is 21.2. The molecule has 0 aliphatic carbocycles. The lowest BCUT2D eigenvalue weighted by molar-refractivity contribution is -0.153. The number of carbonyl (C=O) groups is 3. The molecule has 1 N–H and O–H groups in total. The Hall–Kier alpha value is -2.58. The summed E-state index contributed by atoms with van der Waals surface area (Å²) < 4.78 is 4.61. The molecular formula is C28H34N2O5S. The Labute approximate surface area is 216 Å². The number of anilines is 1. The summed E-state index contributed by atoms with van der Waals surface area (Å²) in [4.78, 5) is 45.3. The first-order valence-electron chi connectivity index (χ1n) is 12.7. The summed E-state index contributed by atoms with van der Waals surface area (Å²) in [5, 5.41) is 10.1. The van der Waals surface area contributed by atoms with Crippen LogP contribution >= 0.6 is 11.8 Å². The van der Waals surface area contributed by atoms with Gasteiger partial charge in [-0.1, -0.05) is 50.3 Å². The number of likely N-dealkylation sites (tertiary alicyclic amines) is 1. The average molecular weight is 511 g/mol. The largest absolute Gasteiger partial charge is 0.465 e. The van der Waals surface area contributed by atoms with Crippen molar-refractivity contribution in [2.45, 2.75) is 56.2 Å². The molecule has 8 heteroatoms. The molecule has 0 aromatic heterocycles. The second kappa shape index (κ2) is 9.38. The number of aliphatic hydroxyl groups is 1. The van der Waals surface area contributed by atoms with Crippen molar-refractivity contribution in [1.82, 2.24) is 4.90 Å². The van der Waals surface area contributed by atoms with Gasteiger partial charge < -0.3 is 19.6 Å². The van der Waals surface area contributed by atoms with Crippen LogP contribution in [0.1, 0.15) is 31.4 Å². The lowest BCUT2D eigenvalue weighted by Gasteiger charge is -2.40. The summed E-state index contributed by atoms with van der Waals surface area (Å²) in [6.07, 6.45) is 8.60. The van der Waals surface area contributed by atoms with Crippen molar-refractivity contribution < 1.29 is 24.2 Å². The van der Waals surface area contributed by atoms with Crippen LogP contribution in [0, 0.1) is 31.6 Å². The minimum Gasteiger partial charge on any atom is -0.465 e. The molecule has 1 unspecified atom stereocenters. The average Bonchev–Trinajstić information content (AvgIpc) is 3.20. The summed E-state index contributed by atoms with van der Waals surface area (Å²) >= 11 is 1.53. The molecule has 6 atom stereocenters. The standard InChI is InChI=1S/C28H34N2O5S/c1-16(2)20(15-31)30-24-26(33)29(19-14-17(3)9-10-18(19)4)12-7-11-28(24)23(25(30)32)22-21(36-28)8-5-6-13-35-27(22)34/h5,7-11,14,16,20-24,31H,6,12-13,15H2,1-4H3/t20-,21+,22-,23-,24?,28-/m0/s1. The lowest BCUT2D eigenvalue weighted by atomic mass is 9.78. The van der Waals surface area contributed by atoms with Crippen molar-refractivity contribution in [2.24, 2.45) is 17.8 Å². The third-order valence-corrected chi connectivity index (χ3v) is 9.77. The van der Waals surface area contributed by atoms with Crippen molar-refractivity contribution in [3.8, 4) is 0 Å². The quantitative estimate of drug-likeness (QED) is 0.495. The maximum absolute atomic E-state index is 14.5. The Bertz CT molecular complexity index is 1150. The molecule has 36 heavy (non-hydrogen) atoms. The van der Waals surface area contributed by atoms with Crippen LogP contribution in [0.3, 0.4) is 0 Å². The molecule has 1 spiro atoms. The number of hydrogen-bond donors (Lipinski definition) is 1. The second-order valence-corrected chi connectivity index (χ2v) is 12.1. The highest BCUT2D eigenvalue weighted by Gasteiger charge is 2.72. The highest BCUT2D eigenvalue weighted by atomic mass is 32.2. The molecule has 5 rings (SSSR count). The number of benzene rings is 1. The number of esters is 1. The van der Waals surface area contributed by atoms with E-state index in [1.165, 1.54) is 11.8 Å². The molecule has 7 nitrogen and oxygen atoms in total. The zero-order valence-corrected chi connectivity index (χ0v) is 22.0. The van der Waals surface area contributed by atoms with Crippen LogP contribution in [0.4, 0.5) is 5.69 Å². The molecule has 4 aliphatic heterocycles. The number of cyclic esters (lactones) is 1. The summed E-state index contributed by atoms with van der Waals surface area (Å²) in [5.74, 6) is -2.30. The molecule has 4 aliphatic rings. The molecule has 4 heterocycles. The van der Waals surface area contributed by atoms with Gasteiger partial charge in [-0.25, -0.2) is 0 Å². The molecule has 0 radical (unpaired) electrons. The number of amides is 2. The minimum atomic E-state index is -0.925. The zero-order chi connectivity index (χ0) is 25.8. The monoisotopic (exact) mass is 510 g/mol. The number of rotatable bonds is 4. The highest BCUT2D eigenvalue weighted by molar-refractivity contribution is 8.02. The normalized spacial score (nSPS) is 32.6. The molecule has 0 saturated carbocycles. The van der Waals surface area contributed by atoms with E-state index in [-0.39, 0.29) is 42.2 Å². The molecule has 1 aromatic rings.